The quantitative estimate of drug-likeness (QED) is 0.753. The van der Waals surface area contributed by atoms with Crippen LogP contribution in [-0.2, 0) is 4.74 Å². The van der Waals surface area contributed by atoms with Crippen LogP contribution in [0.3, 0.4) is 0 Å². The maximum atomic E-state index is 11.5. The van der Waals surface area contributed by atoms with Crippen LogP contribution >= 0.6 is 0 Å². The van der Waals surface area contributed by atoms with E-state index in [1.165, 1.54) is 25.5 Å². The smallest absolute Gasteiger partial charge is 0.360 e. The highest BCUT2D eigenvalue weighted by atomic mass is 16.5. The van der Waals surface area contributed by atoms with Gasteiger partial charge in [0.1, 0.15) is 6.26 Å². The minimum Gasteiger partial charge on any atom is -0.461 e. The first-order chi connectivity index (χ1) is 8.74. The van der Waals surface area contributed by atoms with Crippen LogP contribution in [0, 0.1) is 5.92 Å². The fraction of sp³-hybridized carbons (Fsp3) is 0.692. The van der Waals surface area contributed by atoms with E-state index in [-0.39, 0.29) is 5.69 Å². The zero-order valence-electron chi connectivity index (χ0n) is 11.0. The van der Waals surface area contributed by atoms with E-state index in [1.807, 2.05) is 0 Å². The van der Waals surface area contributed by atoms with Gasteiger partial charge in [-0.2, -0.15) is 4.98 Å². The van der Waals surface area contributed by atoms with Crippen LogP contribution in [0.4, 0.5) is 6.01 Å². The molecule has 1 saturated heterocycles. The predicted molar refractivity (Wildman–Crippen MR) is 67.7 cm³/mol. The van der Waals surface area contributed by atoms with E-state index < -0.39 is 5.97 Å². The summed E-state index contributed by atoms with van der Waals surface area (Å²) in [6, 6.07) is 0.539. The minimum atomic E-state index is -0.420. The fourth-order valence-corrected chi connectivity index (χ4v) is 2.36. The molecule has 100 valence electrons. The number of oxazole rings is 1. The lowest BCUT2D eigenvalue weighted by molar-refractivity contribution is 0.0519. The topological polar surface area (TPSA) is 55.6 Å². The normalized spacial score (nSPS) is 19.2. The zero-order valence-corrected chi connectivity index (χ0v) is 11.0. The molecule has 1 aromatic rings. The molecule has 18 heavy (non-hydrogen) atoms. The molecule has 2 rings (SSSR count). The summed E-state index contributed by atoms with van der Waals surface area (Å²) in [7, 11) is 0. The molecule has 1 fully saturated rings. The van der Waals surface area contributed by atoms with Crippen LogP contribution in [-0.4, -0.2) is 30.6 Å². The molecule has 0 N–H and O–H groups in total. The predicted octanol–water partition coefficient (Wildman–Crippen LogP) is 2.48. The molecule has 5 heteroatoms. The Bertz CT molecular complexity index is 403. The highest BCUT2D eigenvalue weighted by Gasteiger charge is 2.26. The van der Waals surface area contributed by atoms with Gasteiger partial charge < -0.3 is 14.1 Å². The molecule has 2 heterocycles. The first-order valence-electron chi connectivity index (χ1n) is 6.62. The SMILES string of the molecule is CCCC1CCN(c2nc(C(=O)OCC)co2)C1. The third-order valence-electron chi connectivity index (χ3n) is 3.23. The minimum absolute atomic E-state index is 0.255. The molecular formula is C13H20N2O3. The molecule has 1 unspecified atom stereocenters. The van der Waals surface area contributed by atoms with Gasteiger partial charge in [0.2, 0.25) is 0 Å². The third-order valence-corrected chi connectivity index (χ3v) is 3.23. The lowest BCUT2D eigenvalue weighted by atomic mass is 10.0. The summed E-state index contributed by atoms with van der Waals surface area (Å²) in [6.45, 7) is 6.24. The summed E-state index contributed by atoms with van der Waals surface area (Å²) in [5, 5.41) is 0. The molecule has 5 nitrogen and oxygen atoms in total. The Morgan fingerprint density at radius 1 is 1.61 bits per heavy atom. The number of rotatable bonds is 5. The Morgan fingerprint density at radius 2 is 2.44 bits per heavy atom. The number of esters is 1. The van der Waals surface area contributed by atoms with Gasteiger partial charge in [-0.1, -0.05) is 13.3 Å². The largest absolute Gasteiger partial charge is 0.461 e. The van der Waals surface area contributed by atoms with Crippen molar-refractivity contribution in [2.24, 2.45) is 5.92 Å². The zero-order chi connectivity index (χ0) is 13.0. The van der Waals surface area contributed by atoms with Crippen LogP contribution in [0.15, 0.2) is 10.7 Å². The molecule has 0 amide bonds. The molecule has 1 atom stereocenters. The third kappa shape index (κ3) is 2.83. The van der Waals surface area contributed by atoms with Crippen molar-refractivity contribution in [3.8, 4) is 0 Å². The molecule has 0 saturated carbocycles. The summed E-state index contributed by atoms with van der Waals surface area (Å²) in [5.41, 5.74) is 0.255. The molecular weight excluding hydrogens is 232 g/mol. The van der Waals surface area contributed by atoms with Gasteiger partial charge >= 0.3 is 5.97 Å². The van der Waals surface area contributed by atoms with Crippen LogP contribution in [0.5, 0.6) is 0 Å². The first-order valence-corrected chi connectivity index (χ1v) is 6.62. The van der Waals surface area contributed by atoms with Crippen molar-refractivity contribution < 1.29 is 13.9 Å². The molecule has 0 bridgehead atoms. The van der Waals surface area contributed by atoms with Gasteiger partial charge in [-0.05, 0) is 25.7 Å². The van der Waals surface area contributed by atoms with Gasteiger partial charge in [-0.15, -0.1) is 0 Å². The Kier molecular flexibility index (Phi) is 4.23. The van der Waals surface area contributed by atoms with Gasteiger partial charge in [0.25, 0.3) is 6.01 Å². The maximum Gasteiger partial charge on any atom is 0.360 e. The van der Waals surface area contributed by atoms with Gasteiger partial charge in [0.05, 0.1) is 6.61 Å². The number of carbonyl (C=O) groups is 1. The van der Waals surface area contributed by atoms with Crippen molar-refractivity contribution in [3.63, 3.8) is 0 Å². The Labute approximate surface area is 107 Å². The number of nitrogens with zero attached hydrogens (tertiary/aromatic N) is 2. The summed E-state index contributed by atoms with van der Waals surface area (Å²) in [4.78, 5) is 17.8. The van der Waals surface area contributed by atoms with Crippen molar-refractivity contribution in [3.05, 3.63) is 12.0 Å². The van der Waals surface area contributed by atoms with E-state index in [4.69, 9.17) is 9.15 Å². The number of hydrogen-bond donors (Lipinski definition) is 0. The summed E-state index contributed by atoms with van der Waals surface area (Å²) < 4.78 is 10.2. The number of aromatic nitrogens is 1. The standard InChI is InChI=1S/C13H20N2O3/c1-3-5-10-6-7-15(8-10)13-14-11(9-18-13)12(16)17-4-2/h9-10H,3-8H2,1-2H3. The lowest BCUT2D eigenvalue weighted by Crippen LogP contribution is -2.20. The Balaban J connectivity index is 1.96. The highest BCUT2D eigenvalue weighted by Crippen LogP contribution is 2.25. The number of anilines is 1. The van der Waals surface area contributed by atoms with Crippen molar-refractivity contribution in [1.82, 2.24) is 4.98 Å². The van der Waals surface area contributed by atoms with Crippen LogP contribution in [0.25, 0.3) is 0 Å². The number of ether oxygens (including phenoxy) is 1. The van der Waals surface area contributed by atoms with E-state index in [1.54, 1.807) is 6.92 Å². The van der Waals surface area contributed by atoms with Gasteiger partial charge in [-0.3, -0.25) is 0 Å². The van der Waals surface area contributed by atoms with Crippen LogP contribution in [0.2, 0.25) is 0 Å². The Morgan fingerprint density at radius 3 is 3.17 bits per heavy atom. The van der Waals surface area contributed by atoms with Crippen molar-refractivity contribution in [1.29, 1.82) is 0 Å². The van der Waals surface area contributed by atoms with Gasteiger partial charge in [0.15, 0.2) is 5.69 Å². The summed E-state index contributed by atoms with van der Waals surface area (Å²) in [5.74, 6) is 0.296. The summed E-state index contributed by atoms with van der Waals surface area (Å²) in [6.07, 6.45) is 4.99. The van der Waals surface area contributed by atoms with Gasteiger partial charge in [0, 0.05) is 13.1 Å². The second kappa shape index (κ2) is 5.89. The molecule has 1 aromatic heterocycles. The van der Waals surface area contributed by atoms with E-state index in [9.17, 15) is 4.79 Å². The van der Waals surface area contributed by atoms with Crippen molar-refractivity contribution >= 4 is 12.0 Å². The molecule has 0 radical (unpaired) electrons. The maximum absolute atomic E-state index is 11.5. The average Bonchev–Trinajstić information content (AvgIpc) is 2.97. The van der Waals surface area contributed by atoms with E-state index in [0.717, 1.165) is 13.1 Å². The van der Waals surface area contributed by atoms with Gasteiger partial charge in [-0.25, -0.2) is 4.79 Å². The lowest BCUT2D eigenvalue weighted by Gasteiger charge is -2.12. The van der Waals surface area contributed by atoms with Crippen molar-refractivity contribution in [2.75, 3.05) is 24.6 Å². The van der Waals surface area contributed by atoms with E-state index >= 15 is 0 Å². The number of hydrogen-bond acceptors (Lipinski definition) is 5. The molecule has 0 aliphatic carbocycles. The average molecular weight is 252 g/mol. The number of carbonyl (C=O) groups excluding carboxylic acids is 1. The molecule has 1 aliphatic heterocycles. The van der Waals surface area contributed by atoms with Crippen LogP contribution in [0.1, 0.15) is 43.6 Å². The second-order valence-electron chi connectivity index (χ2n) is 4.63. The Hall–Kier alpha value is -1.52. The first kappa shape index (κ1) is 12.9. The molecule has 0 aromatic carbocycles. The highest BCUT2D eigenvalue weighted by molar-refractivity contribution is 5.87. The molecule has 0 spiro atoms. The summed E-state index contributed by atoms with van der Waals surface area (Å²) >= 11 is 0. The fourth-order valence-electron chi connectivity index (χ4n) is 2.36. The second-order valence-corrected chi connectivity index (χ2v) is 4.63. The van der Waals surface area contributed by atoms with Crippen LogP contribution < -0.4 is 4.90 Å². The monoisotopic (exact) mass is 252 g/mol. The van der Waals surface area contributed by atoms with E-state index in [0.29, 0.717) is 18.5 Å². The van der Waals surface area contributed by atoms with Crippen molar-refractivity contribution in [2.45, 2.75) is 33.1 Å². The molecule has 1 aliphatic rings. The van der Waals surface area contributed by atoms with E-state index in [2.05, 4.69) is 16.8 Å².